The van der Waals surface area contributed by atoms with E-state index in [9.17, 15) is 24.3 Å². The van der Waals surface area contributed by atoms with Crippen LogP contribution in [0.1, 0.15) is 49.4 Å². The molecule has 0 radical (unpaired) electrons. The van der Waals surface area contributed by atoms with E-state index in [0.717, 1.165) is 22.3 Å². The minimum Gasteiger partial charge on any atom is -0.481 e. The van der Waals surface area contributed by atoms with Crippen molar-refractivity contribution >= 4 is 29.6 Å². The molecule has 45 heavy (non-hydrogen) atoms. The van der Waals surface area contributed by atoms with Crippen LogP contribution in [0.15, 0.2) is 78.9 Å². The zero-order valence-corrected chi connectivity index (χ0v) is 26.1. The van der Waals surface area contributed by atoms with E-state index in [-0.39, 0.29) is 49.9 Å². The monoisotopic (exact) mass is 611 g/mol. The lowest BCUT2D eigenvalue weighted by Crippen LogP contribution is -2.54. The van der Waals surface area contributed by atoms with Gasteiger partial charge in [0.1, 0.15) is 6.04 Å². The van der Waals surface area contributed by atoms with Gasteiger partial charge in [0, 0.05) is 25.6 Å². The molecule has 2 heterocycles. The highest BCUT2D eigenvalue weighted by Crippen LogP contribution is 2.34. The largest absolute Gasteiger partial charge is 0.481 e. The first-order valence-electron chi connectivity index (χ1n) is 15.4. The molecule has 2 aliphatic rings. The van der Waals surface area contributed by atoms with Gasteiger partial charge in [-0.15, -0.1) is 0 Å². The van der Waals surface area contributed by atoms with Crippen molar-refractivity contribution in [1.82, 2.24) is 9.80 Å². The van der Waals surface area contributed by atoms with Crippen molar-refractivity contribution in [2.45, 2.75) is 65.1 Å². The summed E-state index contributed by atoms with van der Waals surface area (Å²) in [6.07, 6.45) is 0.446. The van der Waals surface area contributed by atoms with Gasteiger partial charge in [-0.3, -0.25) is 19.3 Å². The Morgan fingerprint density at radius 3 is 2.20 bits per heavy atom. The van der Waals surface area contributed by atoms with Crippen molar-refractivity contribution in [3.05, 3.63) is 101 Å². The van der Waals surface area contributed by atoms with Crippen molar-refractivity contribution in [2.75, 3.05) is 24.6 Å². The van der Waals surface area contributed by atoms with Crippen LogP contribution in [0, 0.1) is 5.41 Å². The number of fused-ring (bicyclic) bond motifs is 2. The third-order valence-corrected chi connectivity index (χ3v) is 8.32. The van der Waals surface area contributed by atoms with Crippen LogP contribution in [0.25, 0.3) is 0 Å². The number of hydrogen-bond acceptors (Lipinski definition) is 5. The molecule has 5 rings (SSSR count). The second-order valence-electron chi connectivity index (χ2n) is 13.1. The Morgan fingerprint density at radius 1 is 0.867 bits per heavy atom. The van der Waals surface area contributed by atoms with Gasteiger partial charge in [0.05, 0.1) is 25.3 Å². The first-order chi connectivity index (χ1) is 21.5. The second kappa shape index (κ2) is 13.5. The van der Waals surface area contributed by atoms with E-state index >= 15 is 0 Å². The van der Waals surface area contributed by atoms with Crippen molar-refractivity contribution < 1.29 is 29.0 Å². The summed E-state index contributed by atoms with van der Waals surface area (Å²) in [7, 11) is 0. The quantitative estimate of drug-likeness (QED) is 0.361. The number of carbonyl (C=O) groups excluding carboxylic acids is 3. The second-order valence-corrected chi connectivity index (χ2v) is 13.1. The van der Waals surface area contributed by atoms with Gasteiger partial charge in [-0.05, 0) is 46.6 Å². The molecule has 0 bridgehead atoms. The third kappa shape index (κ3) is 7.71. The van der Waals surface area contributed by atoms with Crippen molar-refractivity contribution in [3.8, 4) is 0 Å². The van der Waals surface area contributed by atoms with Crippen molar-refractivity contribution in [1.29, 1.82) is 0 Å². The van der Waals surface area contributed by atoms with E-state index in [1.54, 1.807) is 4.90 Å². The molecular weight excluding hydrogens is 570 g/mol. The van der Waals surface area contributed by atoms with Crippen molar-refractivity contribution in [2.24, 2.45) is 5.41 Å². The molecule has 1 N–H and O–H groups in total. The lowest BCUT2D eigenvalue weighted by Gasteiger charge is -2.38. The van der Waals surface area contributed by atoms with Crippen LogP contribution in [0.4, 0.5) is 10.5 Å². The number of carboxylic acid groups (broad SMARTS) is 1. The van der Waals surface area contributed by atoms with Gasteiger partial charge in [0.2, 0.25) is 11.8 Å². The highest BCUT2D eigenvalue weighted by Gasteiger charge is 2.42. The zero-order valence-electron chi connectivity index (χ0n) is 26.1. The van der Waals surface area contributed by atoms with E-state index in [1.807, 2.05) is 99.6 Å². The number of benzene rings is 3. The molecule has 9 nitrogen and oxygen atoms in total. The fraction of sp³-hybridized carbons (Fsp3) is 0.389. The Balaban J connectivity index is 1.42. The number of hydrogen-bond donors (Lipinski definition) is 1. The average molecular weight is 612 g/mol. The highest BCUT2D eigenvalue weighted by atomic mass is 16.6. The average Bonchev–Trinajstić information content (AvgIpc) is 3.41. The molecule has 0 spiro atoms. The lowest BCUT2D eigenvalue weighted by atomic mass is 9.92. The molecule has 236 valence electrons. The number of rotatable bonds is 9. The molecule has 2 atom stereocenters. The maximum absolute atomic E-state index is 14.4. The molecule has 9 heteroatoms. The Kier molecular flexibility index (Phi) is 9.56. The van der Waals surface area contributed by atoms with Crippen LogP contribution in [0.5, 0.6) is 0 Å². The van der Waals surface area contributed by atoms with Crippen LogP contribution < -0.4 is 4.90 Å². The van der Waals surface area contributed by atoms with E-state index in [0.29, 0.717) is 24.9 Å². The molecule has 0 saturated heterocycles. The number of carbonyl (C=O) groups is 4. The van der Waals surface area contributed by atoms with Gasteiger partial charge in [0.15, 0.2) is 0 Å². The minimum absolute atomic E-state index is 0.184. The number of carboxylic acids is 1. The summed E-state index contributed by atoms with van der Waals surface area (Å²) >= 11 is 0. The maximum Gasteiger partial charge on any atom is 0.415 e. The van der Waals surface area contributed by atoms with Gasteiger partial charge in [-0.1, -0.05) is 93.6 Å². The summed E-state index contributed by atoms with van der Waals surface area (Å²) in [5.74, 6) is -1.66. The summed E-state index contributed by atoms with van der Waals surface area (Å²) in [6, 6.07) is 23.4. The van der Waals surface area contributed by atoms with Gasteiger partial charge in [0.25, 0.3) is 0 Å². The topological polar surface area (TPSA) is 107 Å². The van der Waals surface area contributed by atoms with Gasteiger partial charge < -0.3 is 19.6 Å². The molecule has 0 fully saturated rings. The summed E-state index contributed by atoms with van der Waals surface area (Å²) in [5, 5.41) is 9.65. The third-order valence-electron chi connectivity index (χ3n) is 8.32. The summed E-state index contributed by atoms with van der Waals surface area (Å²) in [6.45, 7) is 6.37. The smallest absolute Gasteiger partial charge is 0.415 e. The van der Waals surface area contributed by atoms with Crippen LogP contribution in [-0.2, 0) is 44.9 Å². The Hall–Kier alpha value is -4.66. The molecule has 0 aliphatic carbocycles. The number of ether oxygens (including phenoxy) is 1. The number of para-hydroxylation sites is 1. The molecule has 3 aromatic rings. The van der Waals surface area contributed by atoms with Gasteiger partial charge >= 0.3 is 12.1 Å². The first-order valence-corrected chi connectivity index (χ1v) is 15.4. The van der Waals surface area contributed by atoms with Crippen LogP contribution in [0.2, 0.25) is 0 Å². The standard InChI is InChI=1S/C36H41N3O6/c1-36(2,3)24-45-35(44)39-30-16-10-9-14-27(30)20-31(39)34(43)37(18-17-25-11-5-4-6-12-25)23-32(40)38-22-28-15-8-7-13-26(28)19-29(38)21-33(41)42/h4-16,29,31H,17-24H2,1-3H3,(H,41,42)/t29?,31-/m1/s1. The molecule has 3 aromatic carbocycles. The fourth-order valence-electron chi connectivity index (χ4n) is 6.06. The van der Waals surface area contributed by atoms with E-state index in [4.69, 9.17) is 4.74 Å². The molecule has 0 aromatic heterocycles. The molecular formula is C36H41N3O6. The Bertz CT molecular complexity index is 1550. The summed E-state index contributed by atoms with van der Waals surface area (Å²) in [5.41, 5.74) is 4.22. The number of aliphatic carboxylic acids is 1. The number of nitrogens with zero attached hydrogens (tertiary/aromatic N) is 3. The van der Waals surface area contributed by atoms with Crippen molar-refractivity contribution in [3.63, 3.8) is 0 Å². The number of anilines is 1. The van der Waals surface area contributed by atoms with Crippen LogP contribution in [0.3, 0.4) is 0 Å². The molecule has 2 aliphatic heterocycles. The lowest BCUT2D eigenvalue weighted by molar-refractivity contribution is -0.145. The summed E-state index contributed by atoms with van der Waals surface area (Å²) in [4.78, 5) is 58.3. The molecule has 0 saturated carbocycles. The van der Waals surface area contributed by atoms with E-state index < -0.39 is 24.1 Å². The van der Waals surface area contributed by atoms with Gasteiger partial charge in [-0.25, -0.2) is 4.79 Å². The highest BCUT2D eigenvalue weighted by molar-refractivity contribution is 6.01. The first kappa shape index (κ1) is 31.8. The SMILES string of the molecule is CC(C)(C)COC(=O)N1c2ccccc2C[C@@H]1C(=O)N(CCc1ccccc1)CC(=O)N1Cc2ccccc2CC1CC(=O)O. The van der Waals surface area contributed by atoms with E-state index in [2.05, 4.69) is 0 Å². The maximum atomic E-state index is 14.4. The normalized spacial score (nSPS) is 17.3. The van der Waals surface area contributed by atoms with Crippen LogP contribution in [-0.4, -0.2) is 70.6 Å². The Morgan fingerprint density at radius 2 is 1.51 bits per heavy atom. The zero-order chi connectivity index (χ0) is 32.1. The predicted octanol–water partition coefficient (Wildman–Crippen LogP) is 5.10. The predicted molar refractivity (Wildman–Crippen MR) is 171 cm³/mol. The molecule has 1 unspecified atom stereocenters. The Labute approximate surface area is 264 Å². The fourth-order valence-corrected chi connectivity index (χ4v) is 6.06. The van der Waals surface area contributed by atoms with Gasteiger partial charge in [-0.2, -0.15) is 0 Å². The number of amides is 3. The summed E-state index contributed by atoms with van der Waals surface area (Å²) < 4.78 is 5.68. The minimum atomic E-state index is -0.984. The molecule has 3 amide bonds. The van der Waals surface area contributed by atoms with E-state index in [1.165, 1.54) is 9.80 Å². The van der Waals surface area contributed by atoms with Crippen LogP contribution >= 0.6 is 0 Å².